The number of aryl methyl sites for hydroxylation is 1. The molecule has 2 N–H and O–H groups in total. The lowest BCUT2D eigenvalue weighted by molar-refractivity contribution is -0.117. The Morgan fingerprint density at radius 2 is 2.40 bits per heavy atom. The fourth-order valence-corrected chi connectivity index (χ4v) is 1.78. The van der Waals surface area contributed by atoms with Crippen molar-refractivity contribution in [2.45, 2.75) is 13.3 Å². The quantitative estimate of drug-likeness (QED) is 0.773. The third kappa shape index (κ3) is 1.99. The first-order valence-corrected chi connectivity index (χ1v) is 5.14. The second-order valence-electron chi connectivity index (χ2n) is 4.00. The predicted molar refractivity (Wildman–Crippen MR) is 58.5 cm³/mol. The van der Waals surface area contributed by atoms with Gasteiger partial charge in [0.05, 0.1) is 0 Å². The predicted octanol–water partition coefficient (Wildman–Crippen LogP) is 0.702. The van der Waals surface area contributed by atoms with Crippen molar-refractivity contribution in [3.05, 3.63) is 23.9 Å². The highest BCUT2D eigenvalue weighted by molar-refractivity contribution is 5.94. The van der Waals surface area contributed by atoms with Gasteiger partial charge in [-0.1, -0.05) is 6.07 Å². The van der Waals surface area contributed by atoms with E-state index < -0.39 is 0 Å². The highest BCUT2D eigenvalue weighted by Crippen LogP contribution is 2.22. The highest BCUT2D eigenvalue weighted by Gasteiger charge is 2.30. The standard InChI is InChI=1S/C11H15N3O/c1-8-2-3-10(13-6-8)14-7-9(5-12)4-11(14)15/h2-3,6,9H,4-5,7,12H2,1H3. The molecule has 4 heteroatoms. The van der Waals surface area contributed by atoms with E-state index in [1.165, 1.54) is 0 Å². The average Bonchev–Trinajstić information content (AvgIpc) is 2.61. The molecule has 1 fully saturated rings. The van der Waals surface area contributed by atoms with Gasteiger partial charge in [-0.05, 0) is 31.0 Å². The first kappa shape index (κ1) is 10.1. The molecule has 1 atom stereocenters. The zero-order valence-corrected chi connectivity index (χ0v) is 8.81. The molecule has 1 aromatic rings. The number of rotatable bonds is 2. The zero-order valence-electron chi connectivity index (χ0n) is 8.81. The van der Waals surface area contributed by atoms with E-state index in [0.717, 1.165) is 11.4 Å². The summed E-state index contributed by atoms with van der Waals surface area (Å²) < 4.78 is 0. The summed E-state index contributed by atoms with van der Waals surface area (Å²) in [4.78, 5) is 17.6. The van der Waals surface area contributed by atoms with E-state index in [2.05, 4.69) is 4.98 Å². The Labute approximate surface area is 89.1 Å². The van der Waals surface area contributed by atoms with Crippen LogP contribution in [0.25, 0.3) is 0 Å². The van der Waals surface area contributed by atoms with Gasteiger partial charge in [0, 0.05) is 19.2 Å². The minimum absolute atomic E-state index is 0.127. The van der Waals surface area contributed by atoms with E-state index >= 15 is 0 Å². The number of anilines is 1. The molecule has 80 valence electrons. The molecule has 1 unspecified atom stereocenters. The maximum Gasteiger partial charge on any atom is 0.228 e. The summed E-state index contributed by atoms with van der Waals surface area (Å²) in [5, 5.41) is 0. The summed E-state index contributed by atoms with van der Waals surface area (Å²) >= 11 is 0. The van der Waals surface area contributed by atoms with Crippen LogP contribution >= 0.6 is 0 Å². The van der Waals surface area contributed by atoms with Crippen LogP contribution in [-0.4, -0.2) is 24.0 Å². The Hall–Kier alpha value is -1.42. The SMILES string of the molecule is Cc1ccc(N2CC(CN)CC2=O)nc1. The van der Waals surface area contributed by atoms with Crippen LogP contribution in [0.1, 0.15) is 12.0 Å². The van der Waals surface area contributed by atoms with Gasteiger partial charge in [-0.2, -0.15) is 0 Å². The number of carbonyl (C=O) groups excluding carboxylic acids is 1. The summed E-state index contributed by atoms with van der Waals surface area (Å²) in [6, 6.07) is 3.84. The zero-order chi connectivity index (χ0) is 10.8. The first-order chi connectivity index (χ1) is 7.20. The van der Waals surface area contributed by atoms with Crippen molar-refractivity contribution in [3.63, 3.8) is 0 Å². The number of nitrogens with zero attached hydrogens (tertiary/aromatic N) is 2. The van der Waals surface area contributed by atoms with Crippen molar-refractivity contribution in [1.29, 1.82) is 0 Å². The number of aromatic nitrogens is 1. The molecule has 1 aromatic heterocycles. The van der Waals surface area contributed by atoms with E-state index in [1.807, 2.05) is 19.1 Å². The smallest absolute Gasteiger partial charge is 0.228 e. The van der Waals surface area contributed by atoms with Gasteiger partial charge in [0.15, 0.2) is 0 Å². The summed E-state index contributed by atoms with van der Waals surface area (Å²) in [6.07, 6.45) is 2.32. The third-order valence-corrected chi connectivity index (χ3v) is 2.71. The van der Waals surface area contributed by atoms with Crippen molar-refractivity contribution in [3.8, 4) is 0 Å². The van der Waals surface area contributed by atoms with E-state index in [1.54, 1.807) is 11.1 Å². The van der Waals surface area contributed by atoms with Gasteiger partial charge >= 0.3 is 0 Å². The minimum atomic E-state index is 0.127. The summed E-state index contributed by atoms with van der Waals surface area (Å²) in [6.45, 7) is 3.24. The van der Waals surface area contributed by atoms with Crippen molar-refractivity contribution >= 4 is 11.7 Å². The maximum atomic E-state index is 11.7. The van der Waals surface area contributed by atoms with Crippen LogP contribution in [0.4, 0.5) is 5.82 Å². The maximum absolute atomic E-state index is 11.7. The molecule has 2 rings (SSSR count). The van der Waals surface area contributed by atoms with Gasteiger partial charge < -0.3 is 5.73 Å². The van der Waals surface area contributed by atoms with Crippen LogP contribution in [0.5, 0.6) is 0 Å². The number of hydrogen-bond donors (Lipinski definition) is 1. The number of nitrogens with two attached hydrogens (primary N) is 1. The molecule has 0 aromatic carbocycles. The molecule has 0 bridgehead atoms. The van der Waals surface area contributed by atoms with E-state index in [4.69, 9.17) is 5.73 Å². The lowest BCUT2D eigenvalue weighted by Gasteiger charge is -2.15. The average molecular weight is 205 g/mol. The number of pyridine rings is 1. The van der Waals surface area contributed by atoms with E-state index in [9.17, 15) is 4.79 Å². The number of amides is 1. The number of carbonyl (C=O) groups is 1. The Kier molecular flexibility index (Phi) is 2.68. The third-order valence-electron chi connectivity index (χ3n) is 2.71. The molecule has 1 aliphatic rings. The van der Waals surface area contributed by atoms with Crippen molar-refractivity contribution in [2.24, 2.45) is 11.7 Å². The van der Waals surface area contributed by atoms with Crippen LogP contribution in [-0.2, 0) is 4.79 Å². The van der Waals surface area contributed by atoms with E-state index in [-0.39, 0.29) is 11.8 Å². The molecule has 0 saturated carbocycles. The second-order valence-corrected chi connectivity index (χ2v) is 4.00. The molecule has 1 amide bonds. The minimum Gasteiger partial charge on any atom is -0.330 e. The van der Waals surface area contributed by atoms with Gasteiger partial charge in [0.2, 0.25) is 5.91 Å². The number of hydrogen-bond acceptors (Lipinski definition) is 3. The molecular formula is C11H15N3O. The van der Waals surface area contributed by atoms with E-state index in [0.29, 0.717) is 19.5 Å². The first-order valence-electron chi connectivity index (χ1n) is 5.14. The largest absolute Gasteiger partial charge is 0.330 e. The Balaban J connectivity index is 2.18. The summed E-state index contributed by atoms with van der Waals surface area (Å²) in [5.41, 5.74) is 6.66. The topological polar surface area (TPSA) is 59.2 Å². The molecule has 15 heavy (non-hydrogen) atoms. The normalized spacial score (nSPS) is 21.1. The van der Waals surface area contributed by atoms with Gasteiger partial charge in [0.1, 0.15) is 5.82 Å². The molecular weight excluding hydrogens is 190 g/mol. The summed E-state index contributed by atoms with van der Waals surface area (Å²) in [5.74, 6) is 1.14. The van der Waals surface area contributed by atoms with Gasteiger partial charge in [-0.15, -0.1) is 0 Å². The van der Waals surface area contributed by atoms with Gasteiger partial charge in [-0.3, -0.25) is 9.69 Å². The molecule has 0 radical (unpaired) electrons. The van der Waals surface area contributed by atoms with Crippen LogP contribution in [0.3, 0.4) is 0 Å². The lowest BCUT2D eigenvalue weighted by Crippen LogP contribution is -2.26. The lowest BCUT2D eigenvalue weighted by atomic mass is 10.1. The second kappa shape index (κ2) is 3.98. The van der Waals surface area contributed by atoms with Crippen LogP contribution in [0.15, 0.2) is 18.3 Å². The molecule has 1 saturated heterocycles. The molecule has 1 aliphatic heterocycles. The molecule has 0 aliphatic carbocycles. The monoisotopic (exact) mass is 205 g/mol. The Morgan fingerprint density at radius 1 is 1.60 bits per heavy atom. The van der Waals surface area contributed by atoms with Crippen LogP contribution in [0.2, 0.25) is 0 Å². The Bertz CT molecular complexity index is 361. The van der Waals surface area contributed by atoms with Crippen LogP contribution < -0.4 is 10.6 Å². The molecule has 4 nitrogen and oxygen atoms in total. The molecule has 2 heterocycles. The fourth-order valence-electron chi connectivity index (χ4n) is 1.78. The fraction of sp³-hybridized carbons (Fsp3) is 0.455. The molecule has 0 spiro atoms. The van der Waals surface area contributed by atoms with Gasteiger partial charge in [-0.25, -0.2) is 4.98 Å². The Morgan fingerprint density at radius 3 is 2.93 bits per heavy atom. The highest BCUT2D eigenvalue weighted by atomic mass is 16.2. The van der Waals surface area contributed by atoms with Crippen molar-refractivity contribution in [2.75, 3.05) is 18.0 Å². The van der Waals surface area contributed by atoms with Crippen molar-refractivity contribution < 1.29 is 4.79 Å². The van der Waals surface area contributed by atoms with Crippen molar-refractivity contribution in [1.82, 2.24) is 4.98 Å². The van der Waals surface area contributed by atoms with Gasteiger partial charge in [0.25, 0.3) is 0 Å². The summed E-state index contributed by atoms with van der Waals surface area (Å²) in [7, 11) is 0. The van der Waals surface area contributed by atoms with Crippen LogP contribution in [0, 0.1) is 12.8 Å².